The summed E-state index contributed by atoms with van der Waals surface area (Å²) in [6.45, 7) is 6.19. The van der Waals surface area contributed by atoms with Crippen molar-refractivity contribution >= 4 is 68.7 Å². The molecule has 12 heteroatoms. The summed E-state index contributed by atoms with van der Waals surface area (Å²) in [5, 5.41) is 10.8. The molecule has 0 unspecified atom stereocenters. The van der Waals surface area contributed by atoms with Crippen LogP contribution in [0.3, 0.4) is 0 Å². The summed E-state index contributed by atoms with van der Waals surface area (Å²) in [6, 6.07) is 4.98. The number of likely N-dealkylation sites (N-methyl/N-ethyl adjacent to an activating group) is 1. The maximum Gasteiger partial charge on any atom is 0.263 e. The van der Waals surface area contributed by atoms with E-state index in [1.807, 2.05) is 0 Å². The molecule has 1 aromatic carbocycles. The van der Waals surface area contributed by atoms with Gasteiger partial charge in [0, 0.05) is 23.5 Å². The summed E-state index contributed by atoms with van der Waals surface area (Å²) in [7, 11) is 0. The van der Waals surface area contributed by atoms with Gasteiger partial charge in [0.25, 0.3) is 11.8 Å². The topological polar surface area (TPSA) is 113 Å². The summed E-state index contributed by atoms with van der Waals surface area (Å²) < 4.78 is 5.25. The van der Waals surface area contributed by atoms with Gasteiger partial charge in [0.1, 0.15) is 22.0 Å². The zero-order chi connectivity index (χ0) is 24.6. The molecule has 3 heterocycles. The van der Waals surface area contributed by atoms with Gasteiger partial charge in [0.05, 0.1) is 15.6 Å². The van der Waals surface area contributed by atoms with Gasteiger partial charge < -0.3 is 15.6 Å². The number of hydrogen-bond donors (Lipinski definition) is 3. The number of nitrogens with zero attached hydrogens (tertiary/aromatic N) is 2. The van der Waals surface area contributed by atoms with Gasteiger partial charge in [-0.3, -0.25) is 19.8 Å². The molecule has 0 radical (unpaired) electrons. The zero-order valence-electron chi connectivity index (χ0n) is 18.3. The Morgan fingerprint density at radius 1 is 1.29 bits per heavy atom. The Morgan fingerprint density at radius 2 is 2.00 bits per heavy atom. The molecule has 1 aliphatic heterocycles. The summed E-state index contributed by atoms with van der Waals surface area (Å²) in [4.78, 5) is 28.7. The van der Waals surface area contributed by atoms with Crippen molar-refractivity contribution in [3.05, 3.63) is 55.6 Å². The van der Waals surface area contributed by atoms with Crippen molar-refractivity contribution in [2.75, 3.05) is 18.4 Å². The molecule has 2 aromatic heterocycles. The maximum atomic E-state index is 13.1. The van der Waals surface area contributed by atoms with Crippen molar-refractivity contribution in [1.82, 2.24) is 15.4 Å². The van der Waals surface area contributed by atoms with Crippen LogP contribution >= 0.6 is 46.8 Å². The van der Waals surface area contributed by atoms with Crippen LogP contribution in [0.25, 0.3) is 11.3 Å². The Balaban J connectivity index is 1.58. The fourth-order valence-electron chi connectivity index (χ4n) is 3.91. The first-order valence-corrected chi connectivity index (χ1v) is 12.4. The van der Waals surface area contributed by atoms with E-state index >= 15 is 0 Å². The molecule has 0 spiro atoms. The second kappa shape index (κ2) is 10.0. The van der Waals surface area contributed by atoms with Crippen LogP contribution in [-0.4, -0.2) is 40.1 Å². The number of halogens is 2. The molecule has 178 valence electrons. The van der Waals surface area contributed by atoms with Crippen molar-refractivity contribution in [3.8, 4) is 11.3 Å². The Bertz CT molecular complexity index is 1280. The van der Waals surface area contributed by atoms with Gasteiger partial charge in [-0.25, -0.2) is 0 Å². The van der Waals surface area contributed by atoms with Crippen molar-refractivity contribution in [2.45, 2.75) is 26.8 Å². The minimum absolute atomic E-state index is 0.00949. The van der Waals surface area contributed by atoms with Gasteiger partial charge in [0.15, 0.2) is 5.11 Å². The number of primary amides is 1. The summed E-state index contributed by atoms with van der Waals surface area (Å²) in [6.07, 6.45) is 0.723. The van der Waals surface area contributed by atoms with Crippen molar-refractivity contribution in [3.63, 3.8) is 0 Å². The Hall–Kier alpha value is -2.50. The Labute approximate surface area is 215 Å². The second-order valence-electron chi connectivity index (χ2n) is 7.66. The molecule has 0 bridgehead atoms. The highest BCUT2D eigenvalue weighted by Crippen LogP contribution is 2.38. The molecular weight excluding hydrogens is 517 g/mol. The number of carbonyl (C=O) groups excluding carboxylic acids is 2. The largest absolute Gasteiger partial charge is 0.365 e. The number of amides is 2. The molecule has 0 atom stereocenters. The maximum absolute atomic E-state index is 13.1. The normalized spacial score (nSPS) is 13.4. The molecule has 0 saturated heterocycles. The van der Waals surface area contributed by atoms with Crippen molar-refractivity contribution < 1.29 is 14.1 Å². The quantitative estimate of drug-likeness (QED) is 0.406. The third-order valence-electron chi connectivity index (χ3n) is 5.57. The number of thiocarbonyl (C=S) groups is 1. The lowest BCUT2D eigenvalue weighted by molar-refractivity contribution is 0.0974. The average Bonchev–Trinajstić information content (AvgIpc) is 3.32. The number of aromatic nitrogens is 1. The highest BCUT2D eigenvalue weighted by atomic mass is 35.5. The Morgan fingerprint density at radius 3 is 2.65 bits per heavy atom. The molecule has 0 saturated carbocycles. The number of nitrogens with one attached hydrogen (secondary N) is 2. The fourth-order valence-corrected chi connectivity index (χ4v) is 6.04. The lowest BCUT2D eigenvalue weighted by Crippen LogP contribution is -2.35. The third kappa shape index (κ3) is 4.69. The first-order valence-electron chi connectivity index (χ1n) is 10.4. The van der Waals surface area contributed by atoms with Gasteiger partial charge in [-0.15, -0.1) is 11.3 Å². The monoisotopic (exact) mass is 537 g/mol. The minimum atomic E-state index is -0.554. The highest BCUT2D eigenvalue weighted by Gasteiger charge is 2.28. The number of thiophene rings is 1. The number of carbonyl (C=O) groups is 2. The zero-order valence-corrected chi connectivity index (χ0v) is 21.5. The SMILES string of the molecule is CCN1CCc2c(sc(NC(=S)NC(=O)c3c(-c4c(Cl)cccc4Cl)noc3C)c2C(N)=O)C1. The molecule has 34 heavy (non-hydrogen) atoms. The molecule has 2 amide bonds. The predicted molar refractivity (Wildman–Crippen MR) is 138 cm³/mol. The second-order valence-corrected chi connectivity index (χ2v) is 9.99. The van der Waals surface area contributed by atoms with Crippen LogP contribution in [0.1, 0.15) is 43.8 Å². The van der Waals surface area contributed by atoms with Gasteiger partial charge in [-0.2, -0.15) is 0 Å². The molecule has 4 N–H and O–H groups in total. The summed E-state index contributed by atoms with van der Waals surface area (Å²) >= 11 is 19.4. The van der Waals surface area contributed by atoms with E-state index in [4.69, 9.17) is 45.7 Å². The van der Waals surface area contributed by atoms with Gasteiger partial charge in [-0.05, 0) is 49.8 Å². The number of nitrogens with two attached hydrogens (primary N) is 1. The predicted octanol–water partition coefficient (Wildman–Crippen LogP) is 4.62. The average molecular weight is 538 g/mol. The van der Waals surface area contributed by atoms with E-state index in [0.717, 1.165) is 36.5 Å². The number of hydrogen-bond acceptors (Lipinski definition) is 7. The fraction of sp³-hybridized carbons (Fsp3) is 0.273. The van der Waals surface area contributed by atoms with Crippen molar-refractivity contribution in [2.24, 2.45) is 5.73 Å². The molecule has 3 aromatic rings. The Kier molecular flexibility index (Phi) is 7.25. The molecular formula is C22H21Cl2N5O3S2. The number of benzene rings is 1. The lowest BCUT2D eigenvalue weighted by Gasteiger charge is -2.25. The van der Waals surface area contributed by atoms with Crippen LogP contribution in [0.5, 0.6) is 0 Å². The molecule has 1 aliphatic rings. The van der Waals surface area contributed by atoms with Gasteiger partial charge in [-0.1, -0.05) is 41.3 Å². The van der Waals surface area contributed by atoms with Crippen LogP contribution in [0.2, 0.25) is 10.0 Å². The highest BCUT2D eigenvalue weighted by molar-refractivity contribution is 7.80. The molecule has 0 aliphatic carbocycles. The van der Waals surface area contributed by atoms with Crippen LogP contribution in [0, 0.1) is 6.92 Å². The number of fused-ring (bicyclic) bond motifs is 1. The van der Waals surface area contributed by atoms with E-state index in [9.17, 15) is 9.59 Å². The van der Waals surface area contributed by atoms with Crippen LogP contribution < -0.4 is 16.4 Å². The van der Waals surface area contributed by atoms with Gasteiger partial charge in [0.2, 0.25) is 0 Å². The number of aryl methyl sites for hydroxylation is 1. The third-order valence-corrected chi connectivity index (χ3v) is 7.54. The first-order chi connectivity index (χ1) is 16.2. The van der Waals surface area contributed by atoms with E-state index < -0.39 is 11.8 Å². The summed E-state index contributed by atoms with van der Waals surface area (Å²) in [5.74, 6) is -0.818. The van der Waals surface area contributed by atoms with E-state index in [-0.39, 0.29) is 22.1 Å². The van der Waals surface area contributed by atoms with Crippen molar-refractivity contribution in [1.29, 1.82) is 0 Å². The smallest absolute Gasteiger partial charge is 0.263 e. The van der Waals surface area contributed by atoms with E-state index in [2.05, 4.69) is 27.6 Å². The van der Waals surface area contributed by atoms with Crippen LogP contribution in [0.4, 0.5) is 5.00 Å². The minimum Gasteiger partial charge on any atom is -0.365 e. The molecule has 8 nitrogen and oxygen atoms in total. The van der Waals surface area contributed by atoms with E-state index in [1.165, 1.54) is 11.3 Å². The standard InChI is InChI=1S/C22H21Cl2N5O3S2/c1-3-29-8-7-11-14(9-29)34-21(16(11)19(25)30)27-22(33)26-20(31)15-10(2)32-28-18(15)17-12(23)5-4-6-13(17)24/h4-6H,3,7-9H2,1-2H3,(H2,25,30)(H2,26,27,31,33). The molecule has 0 fully saturated rings. The number of anilines is 1. The van der Waals surface area contributed by atoms with Crippen LogP contribution in [0.15, 0.2) is 22.7 Å². The first kappa shape index (κ1) is 24.6. The van der Waals surface area contributed by atoms with E-state index in [1.54, 1.807) is 25.1 Å². The van der Waals surface area contributed by atoms with E-state index in [0.29, 0.717) is 26.2 Å². The van der Waals surface area contributed by atoms with Crippen LogP contribution in [-0.2, 0) is 13.0 Å². The lowest BCUT2D eigenvalue weighted by atomic mass is 10.0. The number of rotatable bonds is 5. The van der Waals surface area contributed by atoms with Gasteiger partial charge >= 0.3 is 0 Å². The molecule has 4 rings (SSSR count). The summed E-state index contributed by atoms with van der Waals surface area (Å²) in [5.41, 5.74) is 7.76.